The molecule has 0 aliphatic heterocycles. The second kappa shape index (κ2) is 6.71. The van der Waals surface area contributed by atoms with E-state index in [4.69, 9.17) is 4.74 Å². The smallest absolute Gasteiger partial charge is 0.221 e. The molecule has 0 saturated heterocycles. The van der Waals surface area contributed by atoms with Gasteiger partial charge in [0.05, 0.1) is 6.61 Å². The third-order valence-electron chi connectivity index (χ3n) is 3.12. The van der Waals surface area contributed by atoms with Gasteiger partial charge in [-0.25, -0.2) is 0 Å². The van der Waals surface area contributed by atoms with Crippen LogP contribution < -0.4 is 5.32 Å². The van der Waals surface area contributed by atoms with Crippen LogP contribution in [0, 0.1) is 0 Å². The Morgan fingerprint density at radius 1 is 1.16 bits per heavy atom. The second-order valence-corrected chi connectivity index (χ2v) is 5.57. The van der Waals surface area contributed by atoms with Gasteiger partial charge >= 0.3 is 0 Å². The largest absolute Gasteiger partial charge is 0.380 e. The SMILES string of the molecule is COCc1cc(C(C)C)c(NC(C)=O)c(C(C)C)c1. The highest BCUT2D eigenvalue weighted by Crippen LogP contribution is 2.34. The molecule has 0 unspecified atom stereocenters. The zero-order chi connectivity index (χ0) is 14.6. The van der Waals surface area contributed by atoms with E-state index in [9.17, 15) is 4.79 Å². The minimum absolute atomic E-state index is 0.0247. The highest BCUT2D eigenvalue weighted by atomic mass is 16.5. The Kier molecular flexibility index (Phi) is 5.55. The van der Waals surface area contributed by atoms with Gasteiger partial charge < -0.3 is 10.1 Å². The van der Waals surface area contributed by atoms with Crippen LogP contribution in [0.2, 0.25) is 0 Å². The molecule has 0 aliphatic rings. The Morgan fingerprint density at radius 2 is 1.63 bits per heavy atom. The van der Waals surface area contributed by atoms with Gasteiger partial charge in [0.1, 0.15) is 0 Å². The highest BCUT2D eigenvalue weighted by molar-refractivity contribution is 5.91. The monoisotopic (exact) mass is 263 g/mol. The number of ether oxygens (including phenoxy) is 1. The number of hydrogen-bond acceptors (Lipinski definition) is 2. The molecule has 106 valence electrons. The van der Waals surface area contributed by atoms with E-state index in [-0.39, 0.29) is 5.91 Å². The summed E-state index contributed by atoms with van der Waals surface area (Å²) in [7, 11) is 1.70. The molecule has 0 heterocycles. The molecule has 0 saturated carbocycles. The van der Waals surface area contributed by atoms with Crippen LogP contribution in [0.4, 0.5) is 5.69 Å². The van der Waals surface area contributed by atoms with Gasteiger partial charge in [0.15, 0.2) is 0 Å². The van der Waals surface area contributed by atoms with Gasteiger partial charge in [0, 0.05) is 19.7 Å². The lowest BCUT2D eigenvalue weighted by Gasteiger charge is -2.21. The molecule has 0 atom stereocenters. The van der Waals surface area contributed by atoms with Crippen LogP contribution in [0.3, 0.4) is 0 Å². The summed E-state index contributed by atoms with van der Waals surface area (Å²) in [6.45, 7) is 10.7. The number of amides is 1. The molecule has 1 aromatic rings. The maximum absolute atomic E-state index is 11.4. The molecular formula is C16H25NO2. The summed E-state index contributed by atoms with van der Waals surface area (Å²) >= 11 is 0. The van der Waals surface area contributed by atoms with Crippen molar-refractivity contribution in [1.29, 1.82) is 0 Å². The van der Waals surface area contributed by atoms with Gasteiger partial charge in [0.25, 0.3) is 0 Å². The quantitative estimate of drug-likeness (QED) is 0.870. The minimum Gasteiger partial charge on any atom is -0.380 e. The number of carbonyl (C=O) groups is 1. The summed E-state index contributed by atoms with van der Waals surface area (Å²) in [6.07, 6.45) is 0. The molecule has 0 aliphatic carbocycles. The predicted octanol–water partition coefficient (Wildman–Crippen LogP) is 4.04. The van der Waals surface area contributed by atoms with Crippen molar-refractivity contribution in [2.45, 2.75) is 53.1 Å². The summed E-state index contributed by atoms with van der Waals surface area (Å²) < 4.78 is 5.23. The van der Waals surface area contributed by atoms with E-state index in [1.165, 1.54) is 11.1 Å². The van der Waals surface area contributed by atoms with Crippen molar-refractivity contribution < 1.29 is 9.53 Å². The highest BCUT2D eigenvalue weighted by Gasteiger charge is 2.16. The van der Waals surface area contributed by atoms with Crippen LogP contribution in [0.5, 0.6) is 0 Å². The molecule has 0 bridgehead atoms. The molecule has 0 aromatic heterocycles. The number of anilines is 1. The third-order valence-corrected chi connectivity index (χ3v) is 3.12. The van der Waals surface area contributed by atoms with Crippen molar-refractivity contribution in [3.05, 3.63) is 28.8 Å². The Hall–Kier alpha value is -1.35. The van der Waals surface area contributed by atoms with E-state index >= 15 is 0 Å². The summed E-state index contributed by atoms with van der Waals surface area (Å²) in [5.74, 6) is 0.690. The summed E-state index contributed by atoms with van der Waals surface area (Å²) in [4.78, 5) is 11.4. The molecule has 0 fully saturated rings. The number of hydrogen-bond donors (Lipinski definition) is 1. The van der Waals surface area contributed by atoms with Gasteiger partial charge in [0.2, 0.25) is 5.91 Å². The van der Waals surface area contributed by atoms with E-state index in [0.717, 1.165) is 11.3 Å². The predicted molar refractivity (Wildman–Crippen MR) is 79.6 cm³/mol. The van der Waals surface area contributed by atoms with Crippen LogP contribution >= 0.6 is 0 Å². The standard InChI is InChI=1S/C16H25NO2/c1-10(2)14-7-13(9-19-6)8-15(11(3)4)16(14)17-12(5)18/h7-8,10-11H,9H2,1-6H3,(H,17,18). The Bertz CT molecular complexity index is 421. The van der Waals surface area contributed by atoms with Crippen molar-refractivity contribution in [3.8, 4) is 0 Å². The first-order valence-electron chi connectivity index (χ1n) is 6.80. The number of nitrogens with one attached hydrogen (secondary N) is 1. The van der Waals surface area contributed by atoms with Gasteiger partial charge in [-0.3, -0.25) is 4.79 Å². The minimum atomic E-state index is -0.0247. The number of methoxy groups -OCH3 is 1. The molecule has 1 rings (SSSR count). The molecule has 0 radical (unpaired) electrons. The van der Waals surface area contributed by atoms with Crippen molar-refractivity contribution in [1.82, 2.24) is 0 Å². The lowest BCUT2D eigenvalue weighted by Crippen LogP contribution is -2.13. The average molecular weight is 263 g/mol. The van der Waals surface area contributed by atoms with Crippen molar-refractivity contribution in [2.24, 2.45) is 0 Å². The average Bonchev–Trinajstić information content (AvgIpc) is 2.29. The maximum atomic E-state index is 11.4. The Balaban J connectivity index is 3.41. The van der Waals surface area contributed by atoms with Gasteiger partial charge in [-0.1, -0.05) is 39.8 Å². The fraction of sp³-hybridized carbons (Fsp3) is 0.562. The fourth-order valence-corrected chi connectivity index (χ4v) is 2.23. The normalized spacial score (nSPS) is 11.2. The summed E-state index contributed by atoms with van der Waals surface area (Å²) in [6, 6.07) is 4.26. The molecule has 19 heavy (non-hydrogen) atoms. The third kappa shape index (κ3) is 4.06. The van der Waals surface area contributed by atoms with E-state index in [0.29, 0.717) is 18.4 Å². The topological polar surface area (TPSA) is 38.3 Å². The summed E-state index contributed by atoms with van der Waals surface area (Å²) in [5.41, 5.74) is 4.48. The van der Waals surface area contributed by atoms with E-state index < -0.39 is 0 Å². The molecule has 1 amide bonds. The van der Waals surface area contributed by atoms with Crippen molar-refractivity contribution in [2.75, 3.05) is 12.4 Å². The van der Waals surface area contributed by atoms with Crippen molar-refractivity contribution >= 4 is 11.6 Å². The molecule has 0 spiro atoms. The van der Waals surface area contributed by atoms with Crippen LogP contribution in [-0.2, 0) is 16.1 Å². The maximum Gasteiger partial charge on any atom is 0.221 e. The number of rotatable bonds is 5. The fourth-order valence-electron chi connectivity index (χ4n) is 2.23. The first-order chi connectivity index (χ1) is 8.86. The van der Waals surface area contributed by atoms with Gasteiger partial charge in [-0.05, 0) is 28.5 Å². The number of carbonyl (C=O) groups excluding carboxylic acids is 1. The molecule has 1 aromatic carbocycles. The Morgan fingerprint density at radius 3 is 1.95 bits per heavy atom. The van der Waals surface area contributed by atoms with Gasteiger partial charge in [-0.15, -0.1) is 0 Å². The van der Waals surface area contributed by atoms with Crippen LogP contribution in [-0.4, -0.2) is 13.0 Å². The molecular weight excluding hydrogens is 238 g/mol. The van der Waals surface area contributed by atoms with E-state index in [1.807, 2.05) is 0 Å². The molecule has 3 heteroatoms. The van der Waals surface area contributed by atoms with Gasteiger partial charge in [-0.2, -0.15) is 0 Å². The first-order valence-corrected chi connectivity index (χ1v) is 6.80. The lowest BCUT2D eigenvalue weighted by molar-refractivity contribution is -0.114. The van der Waals surface area contributed by atoms with Crippen molar-refractivity contribution in [3.63, 3.8) is 0 Å². The van der Waals surface area contributed by atoms with Crippen LogP contribution in [0.1, 0.15) is 63.1 Å². The Labute approximate surface area is 116 Å². The second-order valence-electron chi connectivity index (χ2n) is 5.57. The van der Waals surface area contributed by atoms with E-state index in [2.05, 4.69) is 45.1 Å². The lowest BCUT2D eigenvalue weighted by atomic mass is 9.90. The first kappa shape index (κ1) is 15.7. The van der Waals surface area contributed by atoms with Crippen LogP contribution in [0.25, 0.3) is 0 Å². The molecule has 3 nitrogen and oxygen atoms in total. The van der Waals surface area contributed by atoms with E-state index in [1.54, 1.807) is 14.0 Å². The molecule has 1 N–H and O–H groups in total. The summed E-state index contributed by atoms with van der Waals surface area (Å²) in [5, 5.41) is 2.99. The zero-order valence-electron chi connectivity index (χ0n) is 12.8. The van der Waals surface area contributed by atoms with Crippen LogP contribution in [0.15, 0.2) is 12.1 Å². The number of benzene rings is 1. The zero-order valence-corrected chi connectivity index (χ0v) is 12.8.